The highest BCUT2D eigenvalue weighted by molar-refractivity contribution is 5.98. The Morgan fingerprint density at radius 1 is 1.07 bits per heavy atom. The van der Waals surface area contributed by atoms with Gasteiger partial charge in [-0.15, -0.1) is 0 Å². The van der Waals surface area contributed by atoms with Crippen molar-refractivity contribution in [3.8, 4) is 0 Å². The minimum Gasteiger partial charge on any atom is -0.465 e. The molecule has 0 bridgehead atoms. The summed E-state index contributed by atoms with van der Waals surface area (Å²) in [5.74, 6) is -0.773. The number of halogens is 3. The van der Waals surface area contributed by atoms with E-state index in [1.165, 1.54) is 25.3 Å². The molecule has 0 atom stereocenters. The van der Waals surface area contributed by atoms with Crippen molar-refractivity contribution in [1.29, 1.82) is 0 Å². The zero-order valence-electron chi connectivity index (χ0n) is 16.5. The first kappa shape index (κ1) is 21.8. The second-order valence-corrected chi connectivity index (χ2v) is 7.29. The van der Waals surface area contributed by atoms with Crippen LogP contribution in [0.1, 0.15) is 44.7 Å². The molecule has 1 N–H and O–H groups in total. The van der Waals surface area contributed by atoms with Gasteiger partial charge < -0.3 is 10.1 Å². The topological polar surface area (TPSA) is 58.6 Å². The molecule has 5 nitrogen and oxygen atoms in total. The summed E-state index contributed by atoms with van der Waals surface area (Å²) in [4.78, 5) is 26.2. The van der Waals surface area contributed by atoms with Gasteiger partial charge in [-0.3, -0.25) is 9.69 Å². The van der Waals surface area contributed by atoms with Gasteiger partial charge in [0.25, 0.3) is 5.91 Å². The number of likely N-dealkylation sites (tertiary alicyclic amines) is 1. The quantitative estimate of drug-likeness (QED) is 0.746. The lowest BCUT2D eigenvalue weighted by atomic mass is 10.0. The van der Waals surface area contributed by atoms with Crippen LogP contribution in [0.15, 0.2) is 48.5 Å². The van der Waals surface area contributed by atoms with Crippen LogP contribution in [0, 0.1) is 0 Å². The predicted molar refractivity (Wildman–Crippen MR) is 105 cm³/mol. The average Bonchev–Trinajstić information content (AvgIpc) is 2.74. The summed E-state index contributed by atoms with van der Waals surface area (Å²) in [6.45, 7) is 1.78. The fraction of sp³-hybridized carbons (Fsp3) is 0.364. The first-order valence-corrected chi connectivity index (χ1v) is 9.64. The molecule has 1 heterocycles. The van der Waals surface area contributed by atoms with E-state index >= 15 is 0 Å². The number of esters is 1. The van der Waals surface area contributed by atoms with Gasteiger partial charge in [0.2, 0.25) is 0 Å². The Morgan fingerprint density at radius 3 is 2.40 bits per heavy atom. The minimum atomic E-state index is -4.35. The molecule has 0 radical (unpaired) electrons. The fourth-order valence-electron chi connectivity index (χ4n) is 3.51. The number of carbonyl (C=O) groups is 2. The SMILES string of the molecule is COC(=O)c1cccc(C(=O)NC2CCN(Cc3cccc(C(F)(F)F)c3)CC2)c1. The summed E-state index contributed by atoms with van der Waals surface area (Å²) in [6, 6.07) is 11.7. The van der Waals surface area contributed by atoms with Gasteiger partial charge in [-0.25, -0.2) is 4.79 Å². The Kier molecular flexibility index (Phi) is 6.77. The fourth-order valence-corrected chi connectivity index (χ4v) is 3.51. The second-order valence-electron chi connectivity index (χ2n) is 7.29. The van der Waals surface area contributed by atoms with Crippen LogP contribution in [-0.2, 0) is 17.5 Å². The number of nitrogens with one attached hydrogen (secondary N) is 1. The van der Waals surface area contributed by atoms with Crippen molar-refractivity contribution in [2.24, 2.45) is 0 Å². The predicted octanol–water partition coefficient (Wildman–Crippen LogP) is 3.89. The molecule has 0 aromatic heterocycles. The summed E-state index contributed by atoms with van der Waals surface area (Å²) in [6.07, 6.45) is -2.96. The van der Waals surface area contributed by atoms with Crippen LogP contribution in [0.25, 0.3) is 0 Å². The number of ether oxygens (including phenoxy) is 1. The standard InChI is InChI=1S/C22H23F3N2O3/c1-30-21(29)17-6-3-5-16(13-17)20(28)26-19-8-10-27(11-9-19)14-15-4-2-7-18(12-15)22(23,24)25/h2-7,12-13,19H,8-11,14H2,1H3,(H,26,28). The van der Waals surface area contributed by atoms with Crippen molar-refractivity contribution in [2.45, 2.75) is 31.6 Å². The van der Waals surface area contributed by atoms with Crippen LogP contribution in [0.5, 0.6) is 0 Å². The number of rotatable bonds is 5. The smallest absolute Gasteiger partial charge is 0.416 e. The molecule has 1 amide bonds. The van der Waals surface area contributed by atoms with E-state index < -0.39 is 17.7 Å². The summed E-state index contributed by atoms with van der Waals surface area (Å²) >= 11 is 0. The van der Waals surface area contributed by atoms with Crippen LogP contribution < -0.4 is 5.32 Å². The van der Waals surface area contributed by atoms with Gasteiger partial charge in [-0.1, -0.05) is 24.3 Å². The van der Waals surface area contributed by atoms with E-state index in [0.717, 1.165) is 6.07 Å². The summed E-state index contributed by atoms with van der Waals surface area (Å²) < 4.78 is 43.3. The number of benzene rings is 2. The molecule has 0 spiro atoms. The maximum Gasteiger partial charge on any atom is 0.416 e. The van der Waals surface area contributed by atoms with Gasteiger partial charge in [-0.2, -0.15) is 13.2 Å². The van der Waals surface area contributed by atoms with E-state index in [1.54, 1.807) is 24.3 Å². The van der Waals surface area contributed by atoms with Crippen molar-refractivity contribution in [1.82, 2.24) is 10.2 Å². The molecule has 1 fully saturated rings. The van der Waals surface area contributed by atoms with E-state index in [4.69, 9.17) is 0 Å². The Bertz CT molecular complexity index is 906. The third-order valence-electron chi connectivity index (χ3n) is 5.13. The van der Waals surface area contributed by atoms with Gasteiger partial charge >= 0.3 is 12.1 Å². The Balaban J connectivity index is 1.52. The summed E-state index contributed by atoms with van der Waals surface area (Å²) in [5.41, 5.74) is 0.661. The van der Waals surface area contributed by atoms with Crippen molar-refractivity contribution in [3.63, 3.8) is 0 Å². The summed E-state index contributed by atoms with van der Waals surface area (Å²) in [7, 11) is 1.28. The molecule has 3 rings (SSSR count). The van der Waals surface area contributed by atoms with Crippen LogP contribution in [-0.4, -0.2) is 43.0 Å². The molecule has 2 aromatic rings. The number of carbonyl (C=O) groups excluding carboxylic acids is 2. The van der Waals surface area contributed by atoms with Gasteiger partial charge in [-0.05, 0) is 42.7 Å². The zero-order chi connectivity index (χ0) is 21.7. The number of piperidine rings is 1. The van der Waals surface area contributed by atoms with E-state index in [9.17, 15) is 22.8 Å². The third-order valence-corrected chi connectivity index (χ3v) is 5.13. The normalized spacial score (nSPS) is 15.6. The lowest BCUT2D eigenvalue weighted by molar-refractivity contribution is -0.137. The molecule has 2 aromatic carbocycles. The molecular weight excluding hydrogens is 397 g/mol. The van der Waals surface area contributed by atoms with Crippen LogP contribution >= 0.6 is 0 Å². The molecule has 160 valence electrons. The van der Waals surface area contributed by atoms with Crippen LogP contribution in [0.3, 0.4) is 0 Å². The molecule has 0 aliphatic carbocycles. The van der Waals surface area contributed by atoms with Crippen molar-refractivity contribution >= 4 is 11.9 Å². The Morgan fingerprint density at radius 2 is 1.73 bits per heavy atom. The first-order valence-electron chi connectivity index (χ1n) is 9.64. The van der Waals surface area contributed by atoms with E-state index in [1.807, 2.05) is 0 Å². The van der Waals surface area contributed by atoms with Crippen molar-refractivity contribution in [2.75, 3.05) is 20.2 Å². The molecular formula is C22H23F3N2O3. The molecule has 0 saturated carbocycles. The second kappa shape index (κ2) is 9.30. The molecule has 30 heavy (non-hydrogen) atoms. The van der Waals surface area contributed by atoms with Gasteiger partial charge in [0.05, 0.1) is 18.2 Å². The highest BCUT2D eigenvalue weighted by atomic mass is 19.4. The van der Waals surface area contributed by atoms with Crippen LogP contribution in [0.4, 0.5) is 13.2 Å². The largest absolute Gasteiger partial charge is 0.465 e. The van der Waals surface area contributed by atoms with E-state index in [0.29, 0.717) is 49.2 Å². The minimum absolute atomic E-state index is 0.0305. The molecule has 1 saturated heterocycles. The maximum absolute atomic E-state index is 12.9. The number of nitrogens with zero attached hydrogens (tertiary/aromatic N) is 1. The van der Waals surface area contributed by atoms with Gasteiger partial charge in [0, 0.05) is 31.2 Å². The number of alkyl halides is 3. The van der Waals surface area contributed by atoms with Crippen LogP contribution in [0.2, 0.25) is 0 Å². The maximum atomic E-state index is 12.9. The number of hydrogen-bond acceptors (Lipinski definition) is 4. The monoisotopic (exact) mass is 420 g/mol. The van der Waals surface area contributed by atoms with Crippen molar-refractivity contribution < 1.29 is 27.5 Å². The number of amides is 1. The molecule has 8 heteroatoms. The molecule has 1 aliphatic heterocycles. The van der Waals surface area contributed by atoms with Gasteiger partial charge in [0.1, 0.15) is 0 Å². The number of methoxy groups -OCH3 is 1. The average molecular weight is 420 g/mol. The zero-order valence-corrected chi connectivity index (χ0v) is 16.5. The highest BCUT2D eigenvalue weighted by Crippen LogP contribution is 2.30. The Hall–Kier alpha value is -2.87. The lowest BCUT2D eigenvalue weighted by Crippen LogP contribution is -2.44. The third kappa shape index (κ3) is 5.60. The van der Waals surface area contributed by atoms with E-state index in [-0.39, 0.29) is 11.9 Å². The van der Waals surface area contributed by atoms with Gasteiger partial charge in [0.15, 0.2) is 0 Å². The lowest BCUT2D eigenvalue weighted by Gasteiger charge is -2.32. The van der Waals surface area contributed by atoms with E-state index in [2.05, 4.69) is 15.0 Å². The summed E-state index contributed by atoms with van der Waals surface area (Å²) in [5, 5.41) is 2.97. The van der Waals surface area contributed by atoms with Crippen molar-refractivity contribution in [3.05, 3.63) is 70.8 Å². The molecule has 0 unspecified atom stereocenters. The Labute approximate surface area is 172 Å². The molecule has 1 aliphatic rings. The first-order chi connectivity index (χ1) is 14.3. The number of hydrogen-bond donors (Lipinski definition) is 1. The highest BCUT2D eigenvalue weighted by Gasteiger charge is 2.30.